The number of aromatic nitrogens is 2. The standard InChI is InChI=1S/C17H22N4O3/c1-10-2-7-13-14(8-10)21-15(20-13)9-18-17(24)19-12-5-3-11(4-6-12)16(22)23/h2,7-8,11-12H,3-6,9H2,1H3,(H,20,21)(H,22,23)(H2,18,19,24). The van der Waals surface area contributed by atoms with Crippen LogP contribution >= 0.6 is 0 Å². The van der Waals surface area contributed by atoms with Crippen LogP contribution in [0.25, 0.3) is 11.0 Å². The molecule has 0 unspecified atom stereocenters. The molecule has 2 aromatic rings. The molecule has 0 radical (unpaired) electrons. The van der Waals surface area contributed by atoms with Crippen LogP contribution in [0.4, 0.5) is 4.79 Å². The van der Waals surface area contributed by atoms with E-state index in [1.54, 1.807) is 0 Å². The third-order valence-electron chi connectivity index (χ3n) is 4.51. The quantitative estimate of drug-likeness (QED) is 0.690. The van der Waals surface area contributed by atoms with E-state index >= 15 is 0 Å². The summed E-state index contributed by atoms with van der Waals surface area (Å²) in [4.78, 5) is 30.5. The predicted octanol–water partition coefficient (Wildman–Crippen LogP) is 2.31. The van der Waals surface area contributed by atoms with Crippen molar-refractivity contribution in [2.24, 2.45) is 5.92 Å². The van der Waals surface area contributed by atoms with Gasteiger partial charge in [0.15, 0.2) is 0 Å². The van der Waals surface area contributed by atoms with Crippen molar-refractivity contribution in [3.8, 4) is 0 Å². The number of carboxylic acids is 1. The zero-order chi connectivity index (χ0) is 17.1. The normalized spacial score (nSPS) is 20.7. The minimum absolute atomic E-state index is 0.0407. The molecule has 1 saturated carbocycles. The summed E-state index contributed by atoms with van der Waals surface area (Å²) in [6, 6.07) is 5.77. The molecule has 1 aromatic heterocycles. The molecule has 0 spiro atoms. The molecule has 1 fully saturated rings. The third kappa shape index (κ3) is 3.84. The fourth-order valence-electron chi connectivity index (χ4n) is 3.15. The van der Waals surface area contributed by atoms with Gasteiger partial charge in [0, 0.05) is 6.04 Å². The third-order valence-corrected chi connectivity index (χ3v) is 4.51. The lowest BCUT2D eigenvalue weighted by Gasteiger charge is -2.26. The van der Waals surface area contributed by atoms with E-state index in [1.165, 1.54) is 0 Å². The molecule has 7 heteroatoms. The molecule has 2 amide bonds. The number of nitrogens with zero attached hydrogens (tertiary/aromatic N) is 1. The molecule has 24 heavy (non-hydrogen) atoms. The molecule has 128 valence electrons. The minimum Gasteiger partial charge on any atom is -0.481 e. The van der Waals surface area contributed by atoms with E-state index in [0.29, 0.717) is 38.1 Å². The molecule has 0 bridgehead atoms. The Hall–Kier alpha value is -2.57. The van der Waals surface area contributed by atoms with Gasteiger partial charge in [0.2, 0.25) is 0 Å². The van der Waals surface area contributed by atoms with E-state index < -0.39 is 5.97 Å². The summed E-state index contributed by atoms with van der Waals surface area (Å²) >= 11 is 0. The van der Waals surface area contributed by atoms with Crippen LogP contribution in [0.3, 0.4) is 0 Å². The van der Waals surface area contributed by atoms with Crippen molar-refractivity contribution in [1.82, 2.24) is 20.6 Å². The molecular weight excluding hydrogens is 308 g/mol. The van der Waals surface area contributed by atoms with Crippen LogP contribution in [-0.2, 0) is 11.3 Å². The van der Waals surface area contributed by atoms with Gasteiger partial charge in [0.1, 0.15) is 5.82 Å². The number of amides is 2. The van der Waals surface area contributed by atoms with E-state index in [2.05, 4.69) is 20.6 Å². The molecule has 1 heterocycles. The van der Waals surface area contributed by atoms with Crippen molar-refractivity contribution in [3.05, 3.63) is 29.6 Å². The van der Waals surface area contributed by atoms with Crippen LogP contribution in [0.1, 0.15) is 37.1 Å². The second-order valence-electron chi connectivity index (χ2n) is 6.42. The lowest BCUT2D eigenvalue weighted by Crippen LogP contribution is -2.44. The number of rotatable bonds is 4. The highest BCUT2D eigenvalue weighted by atomic mass is 16.4. The first-order valence-electron chi connectivity index (χ1n) is 8.23. The highest BCUT2D eigenvalue weighted by Gasteiger charge is 2.26. The van der Waals surface area contributed by atoms with Crippen molar-refractivity contribution in [2.75, 3.05) is 0 Å². The van der Waals surface area contributed by atoms with Crippen LogP contribution in [0.2, 0.25) is 0 Å². The van der Waals surface area contributed by atoms with Gasteiger partial charge in [-0.1, -0.05) is 6.07 Å². The Bertz CT molecular complexity index is 747. The number of fused-ring (bicyclic) bond motifs is 1. The summed E-state index contributed by atoms with van der Waals surface area (Å²) in [7, 11) is 0. The maximum Gasteiger partial charge on any atom is 0.315 e. The van der Waals surface area contributed by atoms with Gasteiger partial charge in [-0.15, -0.1) is 0 Å². The average Bonchev–Trinajstić information content (AvgIpc) is 2.95. The van der Waals surface area contributed by atoms with Gasteiger partial charge in [0.25, 0.3) is 0 Å². The second-order valence-corrected chi connectivity index (χ2v) is 6.42. The van der Waals surface area contributed by atoms with Crippen LogP contribution in [0.5, 0.6) is 0 Å². The Morgan fingerprint density at radius 1 is 1.29 bits per heavy atom. The van der Waals surface area contributed by atoms with Gasteiger partial charge < -0.3 is 20.7 Å². The number of aryl methyl sites for hydroxylation is 1. The van der Waals surface area contributed by atoms with Crippen molar-refractivity contribution >= 4 is 23.0 Å². The molecule has 1 aliphatic rings. The Balaban J connectivity index is 1.47. The number of urea groups is 1. The molecule has 7 nitrogen and oxygen atoms in total. The minimum atomic E-state index is -0.738. The molecule has 0 aliphatic heterocycles. The first-order valence-corrected chi connectivity index (χ1v) is 8.23. The van der Waals surface area contributed by atoms with Gasteiger partial charge in [0.05, 0.1) is 23.5 Å². The molecular formula is C17H22N4O3. The number of hydrogen-bond donors (Lipinski definition) is 4. The van der Waals surface area contributed by atoms with E-state index in [9.17, 15) is 9.59 Å². The van der Waals surface area contributed by atoms with Gasteiger partial charge in [-0.25, -0.2) is 9.78 Å². The number of hydrogen-bond acceptors (Lipinski definition) is 3. The number of benzene rings is 1. The maximum atomic E-state index is 12.0. The molecule has 0 saturated heterocycles. The molecule has 0 atom stereocenters. The Morgan fingerprint density at radius 3 is 2.75 bits per heavy atom. The van der Waals surface area contributed by atoms with Gasteiger partial charge in [-0.05, 0) is 50.3 Å². The monoisotopic (exact) mass is 330 g/mol. The Kier molecular flexibility index (Phi) is 4.69. The summed E-state index contributed by atoms with van der Waals surface area (Å²) < 4.78 is 0. The second kappa shape index (κ2) is 6.90. The van der Waals surface area contributed by atoms with Crippen molar-refractivity contribution in [3.63, 3.8) is 0 Å². The van der Waals surface area contributed by atoms with Crippen molar-refractivity contribution < 1.29 is 14.7 Å². The largest absolute Gasteiger partial charge is 0.481 e. The van der Waals surface area contributed by atoms with Crippen molar-refractivity contribution in [2.45, 2.75) is 45.2 Å². The summed E-state index contributed by atoms with van der Waals surface area (Å²) in [5, 5.41) is 14.7. The van der Waals surface area contributed by atoms with Crippen LogP contribution in [0.15, 0.2) is 18.2 Å². The summed E-state index contributed by atoms with van der Waals surface area (Å²) in [6.45, 7) is 2.34. The van der Waals surface area contributed by atoms with Crippen LogP contribution < -0.4 is 10.6 Å². The molecule has 1 aromatic carbocycles. The number of aliphatic carboxylic acids is 1. The fourth-order valence-corrected chi connectivity index (χ4v) is 3.15. The molecule has 3 rings (SSSR count). The van der Waals surface area contributed by atoms with Crippen LogP contribution in [0, 0.1) is 12.8 Å². The number of carbonyl (C=O) groups is 2. The Labute approximate surface area is 139 Å². The maximum absolute atomic E-state index is 12.0. The van der Waals surface area contributed by atoms with E-state index in [-0.39, 0.29) is 18.0 Å². The molecule has 4 N–H and O–H groups in total. The van der Waals surface area contributed by atoms with E-state index in [0.717, 1.165) is 16.6 Å². The van der Waals surface area contributed by atoms with E-state index in [4.69, 9.17) is 5.11 Å². The lowest BCUT2D eigenvalue weighted by molar-refractivity contribution is -0.142. The first kappa shape index (κ1) is 16.3. The number of aromatic amines is 1. The van der Waals surface area contributed by atoms with Gasteiger partial charge in [-0.3, -0.25) is 4.79 Å². The zero-order valence-corrected chi connectivity index (χ0v) is 13.6. The number of H-pyrrole nitrogens is 1. The number of nitrogens with one attached hydrogen (secondary N) is 3. The Morgan fingerprint density at radius 2 is 2.04 bits per heavy atom. The number of carbonyl (C=O) groups excluding carboxylic acids is 1. The topological polar surface area (TPSA) is 107 Å². The van der Waals surface area contributed by atoms with Gasteiger partial charge in [-0.2, -0.15) is 0 Å². The first-order chi connectivity index (χ1) is 11.5. The highest BCUT2D eigenvalue weighted by Crippen LogP contribution is 2.24. The smallest absolute Gasteiger partial charge is 0.315 e. The number of imidazole rings is 1. The van der Waals surface area contributed by atoms with Crippen LogP contribution in [-0.4, -0.2) is 33.1 Å². The lowest BCUT2D eigenvalue weighted by atomic mass is 9.86. The fraction of sp³-hybridized carbons (Fsp3) is 0.471. The van der Waals surface area contributed by atoms with Gasteiger partial charge >= 0.3 is 12.0 Å². The predicted molar refractivity (Wildman–Crippen MR) is 89.6 cm³/mol. The average molecular weight is 330 g/mol. The van der Waals surface area contributed by atoms with E-state index in [1.807, 2.05) is 25.1 Å². The van der Waals surface area contributed by atoms with Crippen molar-refractivity contribution in [1.29, 1.82) is 0 Å². The summed E-state index contributed by atoms with van der Waals surface area (Å²) in [5.41, 5.74) is 2.99. The summed E-state index contributed by atoms with van der Waals surface area (Å²) in [6.07, 6.45) is 2.63. The SMILES string of the molecule is Cc1ccc2nc(CNC(=O)NC3CCC(C(=O)O)CC3)[nH]c2c1. The summed E-state index contributed by atoms with van der Waals surface area (Å²) in [5.74, 6) is -0.302. The zero-order valence-electron chi connectivity index (χ0n) is 13.6. The number of carboxylic acid groups (broad SMARTS) is 1. The highest BCUT2D eigenvalue weighted by molar-refractivity contribution is 5.76. The molecule has 1 aliphatic carbocycles.